The lowest BCUT2D eigenvalue weighted by atomic mass is 10.3. The van der Waals surface area contributed by atoms with Crippen molar-refractivity contribution < 1.29 is 13.2 Å². The Kier molecular flexibility index (Phi) is 5.16. The van der Waals surface area contributed by atoms with Crippen LogP contribution in [0.2, 0.25) is 0 Å². The molecule has 1 aromatic carbocycles. The maximum absolute atomic E-state index is 12.1. The van der Waals surface area contributed by atoms with E-state index in [-0.39, 0.29) is 23.1 Å². The van der Waals surface area contributed by atoms with E-state index in [9.17, 15) is 13.2 Å². The monoisotopic (exact) mass is 345 g/mol. The van der Waals surface area contributed by atoms with Gasteiger partial charge in [0, 0.05) is 29.6 Å². The molecule has 0 aliphatic rings. The summed E-state index contributed by atoms with van der Waals surface area (Å²) in [5.74, 6) is 0.0114. The normalized spacial score (nSPS) is 11.1. The number of nitrogens with one attached hydrogen (secondary N) is 2. The fraction of sp³-hybridized carbons (Fsp3) is 0.167. The molecule has 1 amide bonds. The van der Waals surface area contributed by atoms with Crippen molar-refractivity contribution in [2.75, 3.05) is 15.9 Å². The van der Waals surface area contributed by atoms with E-state index >= 15 is 0 Å². The zero-order chi connectivity index (χ0) is 15.3. The highest BCUT2D eigenvalue weighted by molar-refractivity contribution is 7.93. The van der Waals surface area contributed by atoms with Gasteiger partial charge >= 0.3 is 0 Å². The van der Waals surface area contributed by atoms with Crippen molar-refractivity contribution >= 4 is 49.7 Å². The van der Waals surface area contributed by atoms with Crippen molar-refractivity contribution in [1.82, 2.24) is 4.98 Å². The lowest BCUT2D eigenvalue weighted by Crippen LogP contribution is -2.14. The number of anilines is 2. The van der Waals surface area contributed by atoms with Crippen LogP contribution in [0.3, 0.4) is 0 Å². The van der Waals surface area contributed by atoms with Crippen molar-refractivity contribution in [3.63, 3.8) is 0 Å². The number of carbonyl (C=O) groups excluding carboxylic acids is 1. The van der Waals surface area contributed by atoms with Gasteiger partial charge in [-0.1, -0.05) is 0 Å². The van der Waals surface area contributed by atoms with Crippen LogP contribution in [0.4, 0.5) is 10.8 Å². The Hall–Kier alpha value is -1.64. The third-order valence-electron chi connectivity index (χ3n) is 2.42. The van der Waals surface area contributed by atoms with E-state index in [2.05, 4.69) is 15.0 Å². The highest BCUT2D eigenvalue weighted by Gasteiger charge is 2.15. The summed E-state index contributed by atoms with van der Waals surface area (Å²) in [5, 5.41) is 4.59. The standard InChI is InChI=1S/C12H12ClN3O3S2/c13-6-5-11(17)15-9-1-3-10(4-2-9)21(18,19)16-12-14-7-8-20-12/h1-4,7-8H,5-6H2,(H,14,16)(H,15,17). The molecule has 1 heterocycles. The summed E-state index contributed by atoms with van der Waals surface area (Å²) in [6.07, 6.45) is 1.71. The molecule has 0 radical (unpaired) electrons. The SMILES string of the molecule is O=C(CCCl)Nc1ccc(S(=O)(=O)Nc2nccs2)cc1. The molecule has 1 aromatic heterocycles. The van der Waals surface area contributed by atoms with Gasteiger partial charge in [0.05, 0.1) is 4.90 Å². The van der Waals surface area contributed by atoms with Crippen molar-refractivity contribution in [2.24, 2.45) is 0 Å². The van der Waals surface area contributed by atoms with Gasteiger partial charge in [0.15, 0.2) is 5.13 Å². The molecule has 0 bridgehead atoms. The van der Waals surface area contributed by atoms with E-state index in [1.807, 2.05) is 0 Å². The predicted molar refractivity (Wildman–Crippen MR) is 83.3 cm³/mol. The second-order valence-corrected chi connectivity index (χ2v) is 6.91. The number of benzene rings is 1. The van der Waals surface area contributed by atoms with Gasteiger partial charge in [-0.3, -0.25) is 9.52 Å². The third-order valence-corrected chi connectivity index (χ3v) is 4.79. The molecule has 21 heavy (non-hydrogen) atoms. The van der Waals surface area contributed by atoms with E-state index in [1.165, 1.54) is 41.8 Å². The lowest BCUT2D eigenvalue weighted by molar-refractivity contribution is -0.115. The first kappa shape index (κ1) is 15.7. The van der Waals surface area contributed by atoms with Crippen LogP contribution in [-0.4, -0.2) is 25.2 Å². The van der Waals surface area contributed by atoms with E-state index < -0.39 is 10.0 Å². The molecule has 6 nitrogen and oxygen atoms in total. The van der Waals surface area contributed by atoms with Crippen LogP contribution in [0, 0.1) is 0 Å². The largest absolute Gasteiger partial charge is 0.326 e. The molecule has 0 saturated carbocycles. The summed E-state index contributed by atoms with van der Waals surface area (Å²) in [6, 6.07) is 5.85. The van der Waals surface area contributed by atoms with E-state index in [4.69, 9.17) is 11.6 Å². The number of sulfonamides is 1. The first-order chi connectivity index (χ1) is 10.0. The summed E-state index contributed by atoms with van der Waals surface area (Å²) in [5.41, 5.74) is 0.512. The summed E-state index contributed by atoms with van der Waals surface area (Å²) < 4.78 is 26.5. The summed E-state index contributed by atoms with van der Waals surface area (Å²) in [7, 11) is -3.67. The zero-order valence-electron chi connectivity index (χ0n) is 10.7. The molecule has 0 spiro atoms. The number of thiazole rings is 1. The first-order valence-electron chi connectivity index (χ1n) is 5.89. The second kappa shape index (κ2) is 6.88. The topological polar surface area (TPSA) is 88.2 Å². The van der Waals surface area contributed by atoms with Crippen LogP contribution in [-0.2, 0) is 14.8 Å². The lowest BCUT2D eigenvalue weighted by Gasteiger charge is -2.07. The minimum absolute atomic E-state index is 0.0908. The number of aromatic nitrogens is 1. The van der Waals surface area contributed by atoms with Gasteiger partial charge in [0.2, 0.25) is 5.91 Å². The Balaban J connectivity index is 2.09. The Morgan fingerprint density at radius 2 is 2.00 bits per heavy atom. The molecule has 0 saturated heterocycles. The molecule has 0 atom stereocenters. The predicted octanol–water partition coefficient (Wildman–Crippen LogP) is 2.51. The van der Waals surface area contributed by atoms with Crippen LogP contribution in [0.1, 0.15) is 6.42 Å². The summed E-state index contributed by atoms with van der Waals surface area (Å²) in [6.45, 7) is 0. The van der Waals surface area contributed by atoms with Crippen LogP contribution in [0.25, 0.3) is 0 Å². The Morgan fingerprint density at radius 3 is 2.57 bits per heavy atom. The van der Waals surface area contributed by atoms with Crippen LogP contribution < -0.4 is 10.0 Å². The molecule has 2 rings (SSSR count). The number of hydrogen-bond acceptors (Lipinski definition) is 5. The quantitative estimate of drug-likeness (QED) is 0.787. The van der Waals surface area contributed by atoms with Crippen LogP contribution in [0.5, 0.6) is 0 Å². The van der Waals surface area contributed by atoms with Crippen molar-refractivity contribution in [3.05, 3.63) is 35.8 Å². The maximum Gasteiger partial charge on any atom is 0.263 e. The zero-order valence-corrected chi connectivity index (χ0v) is 13.1. The fourth-order valence-corrected chi connectivity index (χ4v) is 3.43. The molecule has 0 aliphatic carbocycles. The van der Waals surface area contributed by atoms with Crippen molar-refractivity contribution in [3.8, 4) is 0 Å². The molecule has 0 fully saturated rings. The average Bonchev–Trinajstić information content (AvgIpc) is 2.91. The van der Waals surface area contributed by atoms with Gasteiger partial charge in [-0.15, -0.1) is 22.9 Å². The minimum Gasteiger partial charge on any atom is -0.326 e. The number of halogens is 1. The maximum atomic E-state index is 12.1. The number of amides is 1. The average molecular weight is 346 g/mol. The molecular weight excluding hydrogens is 334 g/mol. The highest BCUT2D eigenvalue weighted by atomic mass is 35.5. The van der Waals surface area contributed by atoms with Crippen molar-refractivity contribution in [1.29, 1.82) is 0 Å². The number of rotatable bonds is 6. The van der Waals surface area contributed by atoms with E-state index in [1.54, 1.807) is 5.38 Å². The Labute approximate surface area is 131 Å². The van der Waals surface area contributed by atoms with Gasteiger partial charge < -0.3 is 5.32 Å². The van der Waals surface area contributed by atoms with Gasteiger partial charge in [-0.25, -0.2) is 13.4 Å². The molecule has 2 aromatic rings. The molecule has 2 N–H and O–H groups in total. The van der Waals surface area contributed by atoms with Crippen LogP contribution in [0.15, 0.2) is 40.7 Å². The Morgan fingerprint density at radius 1 is 1.29 bits per heavy atom. The Bertz CT molecular complexity index is 700. The van der Waals surface area contributed by atoms with Gasteiger partial charge in [-0.2, -0.15) is 0 Å². The van der Waals surface area contributed by atoms with Crippen LogP contribution >= 0.6 is 22.9 Å². The summed E-state index contributed by atoms with van der Waals surface area (Å²) >= 11 is 6.65. The molecule has 0 aliphatic heterocycles. The van der Waals surface area contributed by atoms with Gasteiger partial charge in [-0.05, 0) is 24.3 Å². The van der Waals surface area contributed by atoms with Gasteiger partial charge in [0.25, 0.3) is 10.0 Å². The van der Waals surface area contributed by atoms with Crippen molar-refractivity contribution in [2.45, 2.75) is 11.3 Å². The molecule has 9 heteroatoms. The third kappa shape index (κ3) is 4.42. The van der Waals surface area contributed by atoms with E-state index in [0.717, 1.165) is 0 Å². The molecule has 0 unspecified atom stereocenters. The minimum atomic E-state index is -3.67. The number of nitrogens with zero attached hydrogens (tertiary/aromatic N) is 1. The number of carbonyl (C=O) groups is 1. The number of hydrogen-bond donors (Lipinski definition) is 2. The highest BCUT2D eigenvalue weighted by Crippen LogP contribution is 2.19. The fourth-order valence-electron chi connectivity index (χ4n) is 1.47. The summed E-state index contributed by atoms with van der Waals surface area (Å²) in [4.78, 5) is 15.3. The molecular formula is C12H12ClN3O3S2. The molecule has 112 valence electrons. The second-order valence-electron chi connectivity index (χ2n) is 3.95. The first-order valence-corrected chi connectivity index (χ1v) is 8.79. The smallest absolute Gasteiger partial charge is 0.263 e. The number of alkyl halides is 1. The van der Waals surface area contributed by atoms with E-state index in [0.29, 0.717) is 10.8 Å². The van der Waals surface area contributed by atoms with Gasteiger partial charge in [0.1, 0.15) is 0 Å².